The van der Waals surface area contributed by atoms with Crippen molar-refractivity contribution in [2.24, 2.45) is 0 Å². The number of thiophene rings is 1. The molecule has 1 heterocycles. The first kappa shape index (κ1) is 22.5. The van der Waals surface area contributed by atoms with E-state index in [-0.39, 0.29) is 23.1 Å². The van der Waals surface area contributed by atoms with Crippen LogP contribution in [0, 0.1) is 13.8 Å². The van der Waals surface area contributed by atoms with Crippen molar-refractivity contribution < 1.29 is 19.1 Å². The van der Waals surface area contributed by atoms with Gasteiger partial charge in [0, 0.05) is 16.3 Å². The Labute approximate surface area is 189 Å². The minimum Gasteiger partial charge on any atom is -0.462 e. The molecule has 0 saturated carbocycles. The zero-order valence-corrected chi connectivity index (χ0v) is 18.8. The van der Waals surface area contributed by atoms with E-state index in [1.807, 2.05) is 19.1 Å². The second kappa shape index (κ2) is 9.76. The molecule has 2 N–H and O–H groups in total. The lowest BCUT2D eigenvalue weighted by Gasteiger charge is -2.08. The number of nitrogens with one attached hydrogen (secondary N) is 2. The summed E-state index contributed by atoms with van der Waals surface area (Å²) in [6.45, 7) is 5.34. The lowest BCUT2D eigenvalue weighted by atomic mass is 10.1. The summed E-state index contributed by atoms with van der Waals surface area (Å²) in [6, 6.07) is 13.9. The van der Waals surface area contributed by atoms with Crippen LogP contribution in [0.2, 0.25) is 5.02 Å². The summed E-state index contributed by atoms with van der Waals surface area (Å²) >= 11 is 7.01. The number of halogens is 1. The van der Waals surface area contributed by atoms with Crippen LogP contribution in [0.5, 0.6) is 0 Å². The molecule has 8 heteroatoms. The maximum atomic E-state index is 12.9. The van der Waals surface area contributed by atoms with Crippen LogP contribution in [-0.2, 0) is 4.74 Å². The summed E-state index contributed by atoms with van der Waals surface area (Å²) in [5.74, 6) is -1.38. The van der Waals surface area contributed by atoms with Gasteiger partial charge in [0.15, 0.2) is 0 Å². The molecule has 0 saturated heterocycles. The fraction of sp³-hybridized carbons (Fsp3) is 0.174. The number of hydrogen-bond donors (Lipinski definition) is 2. The van der Waals surface area contributed by atoms with Gasteiger partial charge in [0.25, 0.3) is 11.8 Å². The van der Waals surface area contributed by atoms with Gasteiger partial charge in [-0.15, -0.1) is 11.3 Å². The largest absolute Gasteiger partial charge is 0.462 e. The average Bonchev–Trinajstić information content (AvgIpc) is 3.04. The number of carbonyl (C=O) groups excluding carboxylic acids is 3. The number of amides is 2. The predicted molar refractivity (Wildman–Crippen MR) is 124 cm³/mol. The molecular weight excluding hydrogens is 436 g/mol. The Bertz CT molecular complexity index is 1160. The molecular formula is C23H21ClN2O4S. The number of hydrogen-bond acceptors (Lipinski definition) is 5. The number of ether oxygens (including phenoxy) is 1. The molecule has 0 radical (unpaired) electrons. The number of aryl methyl sites for hydroxylation is 1. The minimum atomic E-state index is -0.599. The fourth-order valence-corrected chi connectivity index (χ4v) is 4.29. The van der Waals surface area contributed by atoms with Gasteiger partial charge in [-0.05, 0) is 56.2 Å². The van der Waals surface area contributed by atoms with Crippen LogP contribution in [0.3, 0.4) is 0 Å². The van der Waals surface area contributed by atoms with Gasteiger partial charge in [0.2, 0.25) is 0 Å². The molecule has 0 aliphatic heterocycles. The highest BCUT2D eigenvalue weighted by atomic mass is 35.5. The van der Waals surface area contributed by atoms with Gasteiger partial charge in [-0.3, -0.25) is 9.59 Å². The van der Waals surface area contributed by atoms with Crippen LogP contribution >= 0.6 is 22.9 Å². The van der Waals surface area contributed by atoms with Crippen molar-refractivity contribution in [2.75, 3.05) is 17.2 Å². The van der Waals surface area contributed by atoms with E-state index in [9.17, 15) is 14.4 Å². The van der Waals surface area contributed by atoms with Gasteiger partial charge >= 0.3 is 5.97 Å². The van der Waals surface area contributed by atoms with Crippen molar-refractivity contribution in [3.8, 4) is 0 Å². The number of rotatable bonds is 6. The summed E-state index contributed by atoms with van der Waals surface area (Å²) in [7, 11) is 0. The Kier molecular flexibility index (Phi) is 7.09. The first-order valence-corrected chi connectivity index (χ1v) is 10.8. The molecule has 3 aromatic rings. The lowest BCUT2D eigenvalue weighted by Crippen LogP contribution is -2.16. The van der Waals surface area contributed by atoms with Gasteiger partial charge in [0.1, 0.15) is 5.00 Å². The molecule has 0 unspecified atom stereocenters. The van der Waals surface area contributed by atoms with Gasteiger partial charge < -0.3 is 15.4 Å². The Balaban J connectivity index is 1.96. The Hall–Kier alpha value is -3.16. The highest BCUT2D eigenvalue weighted by Gasteiger charge is 2.27. The Morgan fingerprint density at radius 2 is 1.74 bits per heavy atom. The number of anilines is 2. The maximum absolute atomic E-state index is 12.9. The van der Waals surface area contributed by atoms with Crippen molar-refractivity contribution in [1.82, 2.24) is 0 Å². The third kappa shape index (κ3) is 5.13. The molecule has 31 heavy (non-hydrogen) atoms. The van der Waals surface area contributed by atoms with Crippen molar-refractivity contribution in [2.45, 2.75) is 20.8 Å². The normalized spacial score (nSPS) is 10.5. The number of esters is 1. The standard InChI is InChI=1S/C23H21ClN2O4S/c1-4-30-23(29)18-14(3)19(21(28)25-16-10-7-9-15(24)12-16)31-22(18)26-20(27)17-11-6-5-8-13(17)2/h5-12H,4H2,1-3H3,(H,25,28)(H,26,27). The van der Waals surface area contributed by atoms with Crippen LogP contribution in [-0.4, -0.2) is 24.4 Å². The average molecular weight is 457 g/mol. The highest BCUT2D eigenvalue weighted by Crippen LogP contribution is 2.35. The smallest absolute Gasteiger partial charge is 0.341 e. The zero-order chi connectivity index (χ0) is 22.5. The van der Waals surface area contributed by atoms with E-state index < -0.39 is 11.9 Å². The summed E-state index contributed by atoms with van der Waals surface area (Å²) in [6.07, 6.45) is 0. The lowest BCUT2D eigenvalue weighted by molar-refractivity contribution is 0.0527. The molecule has 2 aromatic carbocycles. The van der Waals surface area contributed by atoms with E-state index in [0.29, 0.717) is 26.7 Å². The van der Waals surface area contributed by atoms with E-state index >= 15 is 0 Å². The highest BCUT2D eigenvalue weighted by molar-refractivity contribution is 7.19. The van der Waals surface area contributed by atoms with Crippen LogP contribution in [0.15, 0.2) is 48.5 Å². The summed E-state index contributed by atoms with van der Waals surface area (Å²) < 4.78 is 5.15. The molecule has 1 aromatic heterocycles. The van der Waals surface area contributed by atoms with Crippen LogP contribution in [0.1, 0.15) is 48.4 Å². The molecule has 0 aliphatic carbocycles. The molecule has 3 rings (SSSR count). The Morgan fingerprint density at radius 1 is 1.00 bits per heavy atom. The topological polar surface area (TPSA) is 84.5 Å². The molecule has 0 aliphatic rings. The monoisotopic (exact) mass is 456 g/mol. The van der Waals surface area contributed by atoms with E-state index in [4.69, 9.17) is 16.3 Å². The molecule has 2 amide bonds. The van der Waals surface area contributed by atoms with Crippen molar-refractivity contribution in [3.05, 3.63) is 80.7 Å². The first-order chi connectivity index (χ1) is 14.8. The van der Waals surface area contributed by atoms with Crippen molar-refractivity contribution in [1.29, 1.82) is 0 Å². The third-order valence-corrected chi connectivity index (χ3v) is 5.97. The molecule has 0 spiro atoms. The fourth-order valence-electron chi connectivity index (χ4n) is 3.02. The summed E-state index contributed by atoms with van der Waals surface area (Å²) in [4.78, 5) is 38.6. The maximum Gasteiger partial charge on any atom is 0.341 e. The molecule has 0 bridgehead atoms. The van der Waals surface area contributed by atoms with E-state index in [0.717, 1.165) is 16.9 Å². The first-order valence-electron chi connectivity index (χ1n) is 9.56. The molecule has 160 valence electrons. The van der Waals surface area contributed by atoms with Crippen molar-refractivity contribution in [3.63, 3.8) is 0 Å². The van der Waals surface area contributed by atoms with Gasteiger partial charge in [-0.25, -0.2) is 4.79 Å². The quantitative estimate of drug-likeness (QED) is 0.466. The molecule has 6 nitrogen and oxygen atoms in total. The number of benzene rings is 2. The predicted octanol–water partition coefficient (Wildman–Crippen LogP) is 5.70. The third-order valence-electron chi connectivity index (χ3n) is 4.53. The second-order valence-corrected chi connectivity index (χ2v) is 8.17. The molecule has 0 atom stereocenters. The zero-order valence-electron chi connectivity index (χ0n) is 17.2. The summed E-state index contributed by atoms with van der Waals surface area (Å²) in [5.41, 5.74) is 2.40. The van der Waals surface area contributed by atoms with Crippen LogP contribution in [0.4, 0.5) is 10.7 Å². The van der Waals surface area contributed by atoms with Crippen LogP contribution in [0.25, 0.3) is 0 Å². The van der Waals surface area contributed by atoms with Crippen molar-refractivity contribution >= 4 is 51.4 Å². The number of carbonyl (C=O) groups is 3. The Morgan fingerprint density at radius 3 is 2.42 bits per heavy atom. The van der Waals surface area contributed by atoms with E-state index in [1.165, 1.54) is 0 Å². The summed E-state index contributed by atoms with van der Waals surface area (Å²) in [5, 5.41) is 6.29. The van der Waals surface area contributed by atoms with Gasteiger partial charge in [-0.1, -0.05) is 35.9 Å². The van der Waals surface area contributed by atoms with E-state index in [1.54, 1.807) is 50.2 Å². The molecule has 0 fully saturated rings. The van der Waals surface area contributed by atoms with E-state index in [2.05, 4.69) is 10.6 Å². The van der Waals surface area contributed by atoms with Gasteiger partial charge in [-0.2, -0.15) is 0 Å². The SMILES string of the molecule is CCOC(=O)c1c(NC(=O)c2ccccc2C)sc(C(=O)Nc2cccc(Cl)c2)c1C. The minimum absolute atomic E-state index is 0.170. The second-order valence-electron chi connectivity index (χ2n) is 6.71. The van der Waals surface area contributed by atoms with Gasteiger partial charge in [0.05, 0.1) is 17.0 Å². The van der Waals surface area contributed by atoms with Crippen LogP contribution < -0.4 is 10.6 Å².